The van der Waals surface area contributed by atoms with Crippen molar-refractivity contribution in [2.75, 3.05) is 26.9 Å². The highest BCUT2D eigenvalue weighted by molar-refractivity contribution is 5.77. The van der Waals surface area contributed by atoms with Crippen LogP contribution in [0.3, 0.4) is 0 Å². The molecule has 0 saturated carbocycles. The molecule has 1 heterocycles. The van der Waals surface area contributed by atoms with Crippen LogP contribution in [-0.4, -0.2) is 62.1 Å². The molecule has 1 aromatic rings. The molecule has 2 rings (SSSR count). The Bertz CT molecular complexity index is 625. The molecule has 2 amide bonds. The number of amides is 2. The number of likely N-dealkylation sites (tertiary alicyclic amines) is 1. The highest BCUT2D eigenvalue weighted by Gasteiger charge is 2.37. The molecule has 1 fully saturated rings. The zero-order chi connectivity index (χ0) is 21.1. The van der Waals surface area contributed by atoms with Crippen molar-refractivity contribution in [3.05, 3.63) is 35.9 Å². The van der Waals surface area contributed by atoms with Crippen LogP contribution in [0.15, 0.2) is 30.3 Å². The van der Waals surface area contributed by atoms with Gasteiger partial charge in [0.2, 0.25) is 12.2 Å². The van der Waals surface area contributed by atoms with Gasteiger partial charge in [-0.2, -0.15) is 0 Å². The van der Waals surface area contributed by atoms with Crippen molar-refractivity contribution >= 4 is 12.0 Å². The van der Waals surface area contributed by atoms with E-state index in [0.29, 0.717) is 32.6 Å². The number of rotatable bonds is 11. The molecule has 0 aromatic heterocycles. The monoisotopic (exact) mass is 406 g/mol. The number of carbonyl (C=O) groups is 2. The summed E-state index contributed by atoms with van der Waals surface area (Å²) in [6.07, 6.45) is 2.24. The molecule has 7 heteroatoms. The van der Waals surface area contributed by atoms with Gasteiger partial charge in [0.25, 0.3) is 0 Å². The molecule has 1 aromatic carbocycles. The van der Waals surface area contributed by atoms with Gasteiger partial charge in [-0.3, -0.25) is 4.79 Å². The van der Waals surface area contributed by atoms with Gasteiger partial charge in [-0.05, 0) is 38.2 Å². The summed E-state index contributed by atoms with van der Waals surface area (Å²) in [5.74, 6) is 0.00658. The first-order chi connectivity index (χ1) is 14.0. The second kappa shape index (κ2) is 12.4. The maximum absolute atomic E-state index is 12.5. The number of nitrogens with one attached hydrogen (secondary N) is 1. The fourth-order valence-corrected chi connectivity index (χ4v) is 3.58. The second-order valence-electron chi connectivity index (χ2n) is 7.40. The molecule has 0 radical (unpaired) electrons. The van der Waals surface area contributed by atoms with Crippen molar-refractivity contribution in [2.45, 2.75) is 64.3 Å². The third-order valence-electron chi connectivity index (χ3n) is 4.95. The minimum absolute atomic E-state index is 0.00658. The third kappa shape index (κ3) is 7.66. The molecule has 0 spiro atoms. The first-order valence-electron chi connectivity index (χ1n) is 10.5. The molecule has 1 N–H and O–H groups in total. The Morgan fingerprint density at radius 3 is 2.69 bits per heavy atom. The molecule has 1 saturated heterocycles. The summed E-state index contributed by atoms with van der Waals surface area (Å²) in [6.45, 7) is 5.67. The van der Waals surface area contributed by atoms with Crippen LogP contribution in [0.5, 0.6) is 0 Å². The van der Waals surface area contributed by atoms with Crippen molar-refractivity contribution in [2.24, 2.45) is 0 Å². The van der Waals surface area contributed by atoms with Gasteiger partial charge in [0.15, 0.2) is 0 Å². The van der Waals surface area contributed by atoms with Gasteiger partial charge in [-0.15, -0.1) is 0 Å². The predicted molar refractivity (Wildman–Crippen MR) is 110 cm³/mol. The highest BCUT2D eigenvalue weighted by Crippen LogP contribution is 2.23. The quantitative estimate of drug-likeness (QED) is 0.451. The molecule has 0 aliphatic carbocycles. The number of nitrogens with zero attached hydrogens (tertiary/aromatic N) is 1. The van der Waals surface area contributed by atoms with Crippen LogP contribution < -0.4 is 5.32 Å². The lowest BCUT2D eigenvalue weighted by Gasteiger charge is -2.30. The van der Waals surface area contributed by atoms with Gasteiger partial charge >= 0.3 is 6.09 Å². The fourth-order valence-electron chi connectivity index (χ4n) is 3.58. The van der Waals surface area contributed by atoms with E-state index in [1.165, 1.54) is 7.11 Å². The van der Waals surface area contributed by atoms with E-state index in [2.05, 4.69) is 5.32 Å². The average Bonchev–Trinajstić information content (AvgIpc) is 3.19. The fraction of sp³-hybridized carbons (Fsp3) is 0.636. The Hall–Kier alpha value is -2.12. The predicted octanol–water partition coefficient (Wildman–Crippen LogP) is 3.12. The van der Waals surface area contributed by atoms with Crippen LogP contribution in [0.4, 0.5) is 4.79 Å². The number of benzene rings is 1. The van der Waals surface area contributed by atoms with Crippen LogP contribution in [-0.2, 0) is 25.4 Å². The number of hydrogen-bond acceptors (Lipinski definition) is 5. The van der Waals surface area contributed by atoms with E-state index in [4.69, 9.17) is 14.2 Å². The molecule has 3 unspecified atom stereocenters. The summed E-state index contributed by atoms with van der Waals surface area (Å²) in [5, 5.41) is 2.84. The van der Waals surface area contributed by atoms with E-state index in [0.717, 1.165) is 24.8 Å². The maximum Gasteiger partial charge on any atom is 0.409 e. The summed E-state index contributed by atoms with van der Waals surface area (Å²) >= 11 is 0. The van der Waals surface area contributed by atoms with Crippen molar-refractivity contribution in [1.82, 2.24) is 10.2 Å². The van der Waals surface area contributed by atoms with Gasteiger partial charge in [0, 0.05) is 26.3 Å². The van der Waals surface area contributed by atoms with Crippen molar-refractivity contribution < 1.29 is 23.8 Å². The van der Waals surface area contributed by atoms with E-state index >= 15 is 0 Å². The molecular formula is C22H34N2O5. The van der Waals surface area contributed by atoms with Gasteiger partial charge in [0.1, 0.15) is 0 Å². The largest absolute Gasteiger partial charge is 0.417 e. The lowest BCUT2D eigenvalue weighted by Crippen LogP contribution is -2.47. The Morgan fingerprint density at radius 2 is 2.00 bits per heavy atom. The van der Waals surface area contributed by atoms with Crippen molar-refractivity contribution in [1.29, 1.82) is 0 Å². The molecule has 1 aliphatic heterocycles. The molecule has 7 nitrogen and oxygen atoms in total. The zero-order valence-corrected chi connectivity index (χ0v) is 17.8. The number of methoxy groups -OCH3 is 1. The van der Waals surface area contributed by atoms with Crippen LogP contribution >= 0.6 is 0 Å². The smallest absolute Gasteiger partial charge is 0.409 e. The molecule has 29 heavy (non-hydrogen) atoms. The molecule has 0 bridgehead atoms. The molecule has 1 aliphatic rings. The van der Waals surface area contributed by atoms with E-state index in [1.54, 1.807) is 4.90 Å². The lowest BCUT2D eigenvalue weighted by atomic mass is 10.1. The van der Waals surface area contributed by atoms with E-state index in [1.807, 2.05) is 44.2 Å². The van der Waals surface area contributed by atoms with Crippen LogP contribution in [0.25, 0.3) is 0 Å². The summed E-state index contributed by atoms with van der Waals surface area (Å²) in [5.41, 5.74) is 1.14. The summed E-state index contributed by atoms with van der Waals surface area (Å²) < 4.78 is 16.4. The molecule has 162 valence electrons. The Morgan fingerprint density at radius 1 is 1.24 bits per heavy atom. The average molecular weight is 407 g/mol. The molecular weight excluding hydrogens is 372 g/mol. The number of carbonyl (C=O) groups excluding carboxylic acids is 2. The van der Waals surface area contributed by atoms with Gasteiger partial charge in [-0.25, -0.2) is 4.79 Å². The van der Waals surface area contributed by atoms with Crippen LogP contribution in [0, 0.1) is 0 Å². The van der Waals surface area contributed by atoms with Crippen molar-refractivity contribution in [3.63, 3.8) is 0 Å². The Balaban J connectivity index is 1.83. The number of hydrogen-bond donors (Lipinski definition) is 1. The summed E-state index contributed by atoms with van der Waals surface area (Å²) in [6, 6.07) is 9.60. The highest BCUT2D eigenvalue weighted by atomic mass is 16.7. The van der Waals surface area contributed by atoms with E-state index in [9.17, 15) is 9.59 Å². The minimum Gasteiger partial charge on any atom is -0.417 e. The lowest BCUT2D eigenvalue weighted by molar-refractivity contribution is -0.150. The third-order valence-corrected chi connectivity index (χ3v) is 4.95. The van der Waals surface area contributed by atoms with Gasteiger partial charge < -0.3 is 24.4 Å². The van der Waals surface area contributed by atoms with Crippen molar-refractivity contribution in [3.8, 4) is 0 Å². The SMILES string of the molecule is CCCOCCC(=O)N1CCCC1C(OC)OC(=O)NC(C)Cc1ccccc1. The topological polar surface area (TPSA) is 77.1 Å². The first-order valence-corrected chi connectivity index (χ1v) is 10.5. The van der Waals surface area contributed by atoms with E-state index < -0.39 is 12.4 Å². The molecule has 3 atom stereocenters. The van der Waals surface area contributed by atoms with Gasteiger partial charge in [0.05, 0.1) is 19.1 Å². The van der Waals surface area contributed by atoms with E-state index in [-0.39, 0.29) is 18.0 Å². The maximum atomic E-state index is 12.5. The summed E-state index contributed by atoms with van der Waals surface area (Å²) in [7, 11) is 1.50. The van der Waals surface area contributed by atoms with Crippen LogP contribution in [0.2, 0.25) is 0 Å². The standard InChI is InChI=1S/C22H34N2O5/c1-4-14-28-15-12-20(25)24-13-8-11-19(24)21(27-3)29-22(26)23-17(2)16-18-9-6-5-7-10-18/h5-7,9-10,17,19,21H,4,8,11-16H2,1-3H3,(H,23,26). The van der Waals surface area contributed by atoms with Gasteiger partial charge in [-0.1, -0.05) is 37.3 Å². The Labute approximate surface area is 173 Å². The van der Waals surface area contributed by atoms with Crippen LogP contribution in [0.1, 0.15) is 45.1 Å². The summed E-state index contributed by atoms with van der Waals surface area (Å²) in [4.78, 5) is 26.6. The number of alkyl carbamates (subject to hydrolysis) is 1. The minimum atomic E-state index is -0.790. The Kier molecular flexibility index (Phi) is 9.94. The first kappa shape index (κ1) is 23.2. The normalized spacial score (nSPS) is 18.3. The second-order valence-corrected chi connectivity index (χ2v) is 7.40. The number of ether oxygens (including phenoxy) is 3. The zero-order valence-electron chi connectivity index (χ0n) is 17.8.